The number of fused-ring (bicyclic) bond motifs is 2. The molecule has 7 nitrogen and oxygen atoms in total. The van der Waals surface area contributed by atoms with Crippen LogP contribution in [0.1, 0.15) is 75.8 Å². The number of carbonyl (C=O) groups excluding carboxylic acids is 2. The van der Waals surface area contributed by atoms with Crippen molar-refractivity contribution in [2.24, 2.45) is 11.3 Å². The lowest BCUT2D eigenvalue weighted by molar-refractivity contribution is 0.0531. The van der Waals surface area contributed by atoms with E-state index in [1.807, 2.05) is 0 Å². The molecule has 1 unspecified atom stereocenters. The highest BCUT2D eigenvalue weighted by Gasteiger charge is 2.30. The fourth-order valence-corrected chi connectivity index (χ4v) is 6.42. The summed E-state index contributed by atoms with van der Waals surface area (Å²) in [5.74, 6) is -0.354. The number of aryl methyl sites for hydroxylation is 1. The van der Waals surface area contributed by atoms with Gasteiger partial charge in [0.05, 0.1) is 17.9 Å². The van der Waals surface area contributed by atoms with Crippen molar-refractivity contribution in [2.75, 3.05) is 17.7 Å². The third kappa shape index (κ3) is 4.28. The summed E-state index contributed by atoms with van der Waals surface area (Å²) in [6.45, 7) is 10.4. The minimum absolute atomic E-state index is 0.220. The highest BCUT2D eigenvalue weighted by molar-refractivity contribution is 7.21. The summed E-state index contributed by atoms with van der Waals surface area (Å²) < 4.78 is 5.07. The van der Waals surface area contributed by atoms with Crippen LogP contribution in [0.2, 0.25) is 0 Å². The van der Waals surface area contributed by atoms with Crippen LogP contribution in [0.5, 0.6) is 0 Å². The summed E-state index contributed by atoms with van der Waals surface area (Å²) in [5, 5.41) is 13.5. The number of ether oxygens (including phenoxy) is 1. The van der Waals surface area contributed by atoms with Crippen LogP contribution in [0.4, 0.5) is 10.7 Å². The second kappa shape index (κ2) is 9.01. The van der Waals surface area contributed by atoms with Gasteiger partial charge in [-0.25, -0.2) is 9.78 Å². The van der Waals surface area contributed by atoms with E-state index in [9.17, 15) is 14.9 Å². The first-order chi connectivity index (χ1) is 16.0. The molecule has 0 aliphatic heterocycles. The number of thiophene rings is 2. The highest BCUT2D eigenvalue weighted by atomic mass is 32.1. The molecule has 1 amide bonds. The Balaban J connectivity index is 1.66. The van der Waals surface area contributed by atoms with Crippen molar-refractivity contribution in [2.45, 2.75) is 53.9 Å². The molecule has 4 rings (SSSR count). The molecule has 0 spiro atoms. The maximum Gasteiger partial charge on any atom is 0.348 e. The fraction of sp³-hybridized carbons (Fsp3) is 0.440. The number of anilines is 2. The standard InChI is InChI=1S/C25H28N4O3S2/c1-6-32-24(31)19-12(2)16(11-26)23(33-19)29-21(30)20-18(27)15-10-13-9-14(25(3,4)5)7-8-17(13)28-22(15)34-20/h10,14H,6-9,27H2,1-5H3,(H,29,30). The second-order valence-corrected chi connectivity index (χ2v) is 11.7. The molecule has 1 aliphatic rings. The van der Waals surface area contributed by atoms with Gasteiger partial charge in [0.15, 0.2) is 0 Å². The zero-order chi connectivity index (χ0) is 24.8. The number of nitrogens with one attached hydrogen (secondary N) is 1. The summed E-state index contributed by atoms with van der Waals surface area (Å²) in [5.41, 5.74) is 10.1. The molecule has 0 radical (unpaired) electrons. The zero-order valence-electron chi connectivity index (χ0n) is 20.0. The number of hydrogen-bond donors (Lipinski definition) is 2. The molecular formula is C25H28N4O3S2. The SMILES string of the molecule is CCOC(=O)c1sc(NC(=O)c2sc3nc4c(cc3c2N)CC(C(C)(C)C)CC4)c(C#N)c1C. The number of aromatic nitrogens is 1. The first-order valence-electron chi connectivity index (χ1n) is 11.3. The molecule has 1 aliphatic carbocycles. The van der Waals surface area contributed by atoms with Gasteiger partial charge in [-0.1, -0.05) is 20.8 Å². The number of esters is 1. The Morgan fingerprint density at radius 1 is 1.32 bits per heavy atom. The molecule has 0 saturated heterocycles. The van der Waals surface area contributed by atoms with Gasteiger partial charge in [-0.3, -0.25) is 4.79 Å². The van der Waals surface area contributed by atoms with Crippen LogP contribution in [-0.4, -0.2) is 23.5 Å². The maximum absolute atomic E-state index is 13.2. The van der Waals surface area contributed by atoms with Crippen molar-refractivity contribution in [3.05, 3.63) is 38.2 Å². The van der Waals surface area contributed by atoms with Gasteiger partial charge < -0.3 is 15.8 Å². The average Bonchev–Trinajstić information content (AvgIpc) is 3.27. The summed E-state index contributed by atoms with van der Waals surface area (Å²) >= 11 is 2.29. The molecule has 0 aromatic carbocycles. The fourth-order valence-electron chi connectivity index (χ4n) is 4.39. The molecule has 0 bridgehead atoms. The van der Waals surface area contributed by atoms with E-state index in [2.05, 4.69) is 38.2 Å². The number of amides is 1. The van der Waals surface area contributed by atoms with Gasteiger partial charge in [-0.2, -0.15) is 5.26 Å². The molecular weight excluding hydrogens is 468 g/mol. The number of carbonyl (C=O) groups is 2. The van der Waals surface area contributed by atoms with Gasteiger partial charge in [0.2, 0.25) is 0 Å². The number of hydrogen-bond acceptors (Lipinski definition) is 8. The lowest BCUT2D eigenvalue weighted by atomic mass is 9.71. The Hall–Kier alpha value is -2.96. The minimum atomic E-state index is -0.508. The van der Waals surface area contributed by atoms with Crippen LogP contribution in [0.15, 0.2) is 6.07 Å². The van der Waals surface area contributed by atoms with Crippen molar-refractivity contribution in [1.29, 1.82) is 5.26 Å². The Morgan fingerprint density at radius 3 is 2.71 bits per heavy atom. The topological polar surface area (TPSA) is 118 Å². The number of nitrogens with zero attached hydrogens (tertiary/aromatic N) is 2. The summed E-state index contributed by atoms with van der Waals surface area (Å²) in [4.78, 5) is 31.6. The van der Waals surface area contributed by atoms with Gasteiger partial charge in [0.1, 0.15) is 25.7 Å². The van der Waals surface area contributed by atoms with Gasteiger partial charge in [-0.15, -0.1) is 22.7 Å². The van der Waals surface area contributed by atoms with Crippen molar-refractivity contribution in [3.63, 3.8) is 0 Å². The lowest BCUT2D eigenvalue weighted by Crippen LogP contribution is -2.27. The first-order valence-corrected chi connectivity index (χ1v) is 12.9. The molecule has 0 saturated carbocycles. The smallest absolute Gasteiger partial charge is 0.348 e. The third-order valence-corrected chi connectivity index (χ3v) is 8.76. The monoisotopic (exact) mass is 496 g/mol. The van der Waals surface area contributed by atoms with Gasteiger partial charge in [-0.05, 0) is 61.6 Å². The predicted octanol–water partition coefficient (Wildman–Crippen LogP) is 5.70. The van der Waals surface area contributed by atoms with Crippen molar-refractivity contribution in [1.82, 2.24) is 4.98 Å². The van der Waals surface area contributed by atoms with E-state index in [-0.39, 0.29) is 17.6 Å². The highest BCUT2D eigenvalue weighted by Crippen LogP contribution is 2.41. The molecule has 1 atom stereocenters. The van der Waals surface area contributed by atoms with Crippen LogP contribution in [-0.2, 0) is 17.6 Å². The van der Waals surface area contributed by atoms with E-state index in [1.165, 1.54) is 16.9 Å². The second-order valence-electron chi connectivity index (χ2n) is 9.64. The molecule has 178 valence electrons. The quantitative estimate of drug-likeness (QED) is 0.447. The molecule has 9 heteroatoms. The molecule has 3 aromatic rings. The number of nitrogen functional groups attached to an aromatic ring is 1. The Bertz CT molecular complexity index is 1340. The van der Waals surface area contributed by atoms with Crippen LogP contribution in [0, 0.1) is 29.6 Å². The molecule has 3 N–H and O–H groups in total. The van der Waals surface area contributed by atoms with Crippen molar-refractivity contribution >= 4 is 55.5 Å². The zero-order valence-corrected chi connectivity index (χ0v) is 21.6. The maximum atomic E-state index is 13.2. The molecule has 34 heavy (non-hydrogen) atoms. The van der Waals surface area contributed by atoms with E-state index in [1.54, 1.807) is 13.8 Å². The molecule has 3 heterocycles. The van der Waals surface area contributed by atoms with Crippen LogP contribution in [0.3, 0.4) is 0 Å². The Labute approximate surface area is 206 Å². The normalized spacial score (nSPS) is 15.6. The molecule has 3 aromatic heterocycles. The lowest BCUT2D eigenvalue weighted by Gasteiger charge is -2.34. The molecule has 0 fully saturated rings. The minimum Gasteiger partial charge on any atom is -0.462 e. The predicted molar refractivity (Wildman–Crippen MR) is 137 cm³/mol. The number of rotatable bonds is 4. The number of pyridine rings is 1. The van der Waals surface area contributed by atoms with Crippen molar-refractivity contribution < 1.29 is 14.3 Å². The van der Waals surface area contributed by atoms with E-state index >= 15 is 0 Å². The average molecular weight is 497 g/mol. The first kappa shape index (κ1) is 24.2. The number of nitriles is 1. The van der Waals surface area contributed by atoms with E-state index in [4.69, 9.17) is 15.5 Å². The van der Waals surface area contributed by atoms with Crippen LogP contribution >= 0.6 is 22.7 Å². The largest absolute Gasteiger partial charge is 0.462 e. The van der Waals surface area contributed by atoms with E-state index in [0.29, 0.717) is 31.9 Å². The number of nitrogens with two attached hydrogens (primary N) is 1. The summed E-state index contributed by atoms with van der Waals surface area (Å²) in [6.07, 6.45) is 2.97. The van der Waals surface area contributed by atoms with Crippen LogP contribution < -0.4 is 11.1 Å². The van der Waals surface area contributed by atoms with Gasteiger partial charge in [0.25, 0.3) is 5.91 Å². The van der Waals surface area contributed by atoms with Crippen molar-refractivity contribution in [3.8, 4) is 6.07 Å². The Morgan fingerprint density at radius 2 is 2.06 bits per heavy atom. The summed E-state index contributed by atoms with van der Waals surface area (Å²) in [7, 11) is 0. The summed E-state index contributed by atoms with van der Waals surface area (Å²) in [6, 6.07) is 4.17. The van der Waals surface area contributed by atoms with E-state index in [0.717, 1.165) is 46.5 Å². The van der Waals surface area contributed by atoms with Gasteiger partial charge >= 0.3 is 5.97 Å². The van der Waals surface area contributed by atoms with E-state index < -0.39 is 11.9 Å². The van der Waals surface area contributed by atoms with Gasteiger partial charge in [0, 0.05) is 11.1 Å². The third-order valence-electron chi connectivity index (χ3n) is 6.46. The Kier molecular flexibility index (Phi) is 6.40. The van der Waals surface area contributed by atoms with Crippen LogP contribution in [0.25, 0.3) is 10.2 Å².